The quantitative estimate of drug-likeness (QED) is 0.428. The zero-order valence-electron chi connectivity index (χ0n) is 8.01. The average Bonchev–Trinajstić information content (AvgIpc) is 2.26. The van der Waals surface area contributed by atoms with Crippen LogP contribution >= 0.6 is 17.4 Å². The van der Waals surface area contributed by atoms with E-state index in [9.17, 15) is 5.11 Å². The second kappa shape index (κ2) is 5.04. The second-order valence-electron chi connectivity index (χ2n) is 3.43. The summed E-state index contributed by atoms with van der Waals surface area (Å²) < 4.78 is 10.8. The summed E-state index contributed by atoms with van der Waals surface area (Å²) in [5.41, 5.74) is 0. The Bertz CT molecular complexity index is 241. The van der Waals surface area contributed by atoms with E-state index in [1.165, 1.54) is 18.8 Å². The van der Waals surface area contributed by atoms with Crippen LogP contribution in [-0.2, 0) is 28.1 Å². The molecule has 1 fully saturated rings. The van der Waals surface area contributed by atoms with Gasteiger partial charge in [-0.1, -0.05) is 0 Å². The third-order valence-electron chi connectivity index (χ3n) is 2.23. The van der Waals surface area contributed by atoms with Crippen molar-refractivity contribution in [3.05, 3.63) is 0 Å². The summed E-state index contributed by atoms with van der Waals surface area (Å²) in [7, 11) is 5.64. The third kappa shape index (κ3) is 2.87. The van der Waals surface area contributed by atoms with Gasteiger partial charge in [0.25, 0.3) is 0 Å². The molecule has 0 bridgehead atoms. The molecular formula is C7H12BClO3PW+. The van der Waals surface area contributed by atoms with Gasteiger partial charge in [-0.3, -0.25) is 0 Å². The van der Waals surface area contributed by atoms with Crippen LogP contribution in [0.5, 0.6) is 0 Å². The zero-order chi connectivity index (χ0) is 10.9. The Kier molecular flexibility index (Phi) is 4.78. The molecule has 1 saturated heterocycles. The summed E-state index contributed by atoms with van der Waals surface area (Å²) >= 11 is 7.44. The van der Waals surface area contributed by atoms with Crippen LogP contribution in [0, 0.1) is 0 Å². The van der Waals surface area contributed by atoms with Crippen molar-refractivity contribution < 1.29 is 33.2 Å². The molecule has 7 heteroatoms. The Morgan fingerprint density at radius 3 is 2.71 bits per heavy atom. The fraction of sp³-hybridized carbons (Fsp3) is 1.00. The van der Waals surface area contributed by atoms with Gasteiger partial charge in [-0.25, -0.2) is 0 Å². The van der Waals surface area contributed by atoms with Crippen LogP contribution < -0.4 is 0 Å². The molecule has 1 unspecified atom stereocenters. The molecule has 1 aliphatic rings. The summed E-state index contributed by atoms with van der Waals surface area (Å²) in [4.78, 5) is -0.912. The molecule has 0 aromatic rings. The van der Waals surface area contributed by atoms with Gasteiger partial charge in [0.05, 0.1) is 0 Å². The molecule has 0 saturated carbocycles. The molecule has 1 N–H and O–H groups in total. The van der Waals surface area contributed by atoms with Crippen LogP contribution in [0.1, 0.15) is 6.92 Å². The number of alkyl halides is 1. The fourth-order valence-electron chi connectivity index (χ4n) is 1.24. The molecule has 1 rings (SSSR count). The van der Waals surface area contributed by atoms with Gasteiger partial charge in [-0.2, -0.15) is 0 Å². The topological polar surface area (TPSA) is 38.7 Å². The maximum absolute atomic E-state index is 9.80. The van der Waals surface area contributed by atoms with Gasteiger partial charge in [0.1, 0.15) is 0 Å². The number of hydrogen-bond donors (Lipinski definition) is 1. The Balaban J connectivity index is 2.54. The van der Waals surface area contributed by atoms with E-state index in [0.717, 1.165) is 0 Å². The molecule has 1 aliphatic heterocycles. The van der Waals surface area contributed by atoms with Crippen molar-refractivity contribution in [1.82, 2.24) is 0 Å². The molecule has 0 aliphatic carbocycles. The summed E-state index contributed by atoms with van der Waals surface area (Å²) in [6.45, 7) is 4.06. The van der Waals surface area contributed by atoms with Crippen LogP contribution in [0.2, 0.25) is 0 Å². The average molecular weight is 405 g/mol. The maximum atomic E-state index is 9.80. The van der Waals surface area contributed by atoms with Gasteiger partial charge >= 0.3 is 102 Å². The molecule has 0 spiro atoms. The van der Waals surface area contributed by atoms with Gasteiger partial charge in [0.15, 0.2) is 0 Å². The predicted octanol–water partition coefficient (Wildman–Crippen LogP) is 0.743. The minimum atomic E-state index is -0.912. The van der Waals surface area contributed by atoms with Crippen LogP contribution in [0.3, 0.4) is 0 Å². The Morgan fingerprint density at radius 1 is 1.79 bits per heavy atom. The first-order valence-corrected chi connectivity index (χ1v) is 10.1. The SMILES string of the molecule is [B][C@@H]1O[C@H](CO[P+](C)=[W])[C@@H](O)[C@@]1(C)Cl. The van der Waals surface area contributed by atoms with Gasteiger partial charge in [-0.05, 0) is 0 Å². The van der Waals surface area contributed by atoms with E-state index in [0.29, 0.717) is 6.61 Å². The Morgan fingerprint density at radius 2 is 2.36 bits per heavy atom. The predicted molar refractivity (Wildman–Crippen MR) is 53.5 cm³/mol. The molecule has 0 amide bonds. The first kappa shape index (κ1) is 13.3. The molecule has 2 radical (unpaired) electrons. The van der Waals surface area contributed by atoms with Crippen molar-refractivity contribution in [1.29, 1.82) is 0 Å². The monoisotopic (exact) mass is 405 g/mol. The summed E-state index contributed by atoms with van der Waals surface area (Å²) in [6.07, 6.45) is -1.18. The molecule has 0 aromatic heterocycles. The summed E-state index contributed by atoms with van der Waals surface area (Å²) in [5.74, 6) is -0.372. The molecule has 3 nitrogen and oxygen atoms in total. The van der Waals surface area contributed by atoms with Gasteiger partial charge in [0, 0.05) is 0 Å². The normalized spacial score (nSPS) is 44.0. The number of halogens is 1. The first-order valence-electron chi connectivity index (χ1n) is 4.17. The van der Waals surface area contributed by atoms with E-state index in [-0.39, 0.29) is 5.78 Å². The summed E-state index contributed by atoms with van der Waals surface area (Å²) in [6, 6.07) is -0.639. The van der Waals surface area contributed by atoms with Crippen molar-refractivity contribution in [2.24, 2.45) is 0 Å². The summed E-state index contributed by atoms with van der Waals surface area (Å²) in [5, 5.41) is 9.80. The third-order valence-corrected chi connectivity index (χ3v) is 4.32. The van der Waals surface area contributed by atoms with E-state index < -0.39 is 23.1 Å². The Labute approximate surface area is 102 Å². The fourth-order valence-corrected chi connectivity index (χ4v) is 2.44. The Hall–Kier alpha value is 1.22. The van der Waals surface area contributed by atoms with Gasteiger partial charge in [0.2, 0.25) is 0 Å². The van der Waals surface area contributed by atoms with Gasteiger partial charge < -0.3 is 0 Å². The van der Waals surface area contributed by atoms with Crippen molar-refractivity contribution >= 4 is 25.2 Å². The van der Waals surface area contributed by atoms with Crippen LogP contribution in [0.25, 0.3) is 0 Å². The standard InChI is InChI=1S/C7H12BClO3P.W/c1-7(9)5(10)4(3-11-13-2)12-6(7)8;/h4-6,10H,3H2,1-2H3;/q-1;+2/t4-,5-,6-,7-;/m1./s1. The zero-order valence-corrected chi connectivity index (χ0v) is 12.6. The van der Waals surface area contributed by atoms with E-state index in [1.807, 2.05) is 6.66 Å². The first-order chi connectivity index (χ1) is 6.35. The van der Waals surface area contributed by atoms with Crippen LogP contribution in [0.15, 0.2) is 0 Å². The van der Waals surface area contributed by atoms with E-state index in [2.05, 4.69) is 0 Å². The molecular weight excluding hydrogens is 393 g/mol. The molecule has 78 valence electrons. The van der Waals surface area contributed by atoms with Crippen LogP contribution in [-0.4, -0.2) is 49.3 Å². The van der Waals surface area contributed by atoms with E-state index in [4.69, 9.17) is 28.7 Å². The second-order valence-corrected chi connectivity index (χ2v) is 10.9. The number of rotatable bonds is 3. The molecule has 14 heavy (non-hydrogen) atoms. The number of aliphatic hydroxyl groups excluding tert-OH is 1. The number of aliphatic hydroxyl groups is 1. The molecule has 5 atom stereocenters. The van der Waals surface area contributed by atoms with Crippen LogP contribution in [0.4, 0.5) is 0 Å². The van der Waals surface area contributed by atoms with Gasteiger partial charge in [-0.15, -0.1) is 0 Å². The number of ether oxygens (including phenoxy) is 1. The minimum absolute atomic E-state index is 0.364. The van der Waals surface area contributed by atoms with E-state index >= 15 is 0 Å². The number of hydrogen-bond acceptors (Lipinski definition) is 3. The van der Waals surface area contributed by atoms with Crippen molar-refractivity contribution in [3.63, 3.8) is 0 Å². The van der Waals surface area contributed by atoms with Crippen molar-refractivity contribution in [2.45, 2.75) is 30.0 Å². The van der Waals surface area contributed by atoms with Crippen molar-refractivity contribution in [3.8, 4) is 0 Å². The van der Waals surface area contributed by atoms with E-state index in [1.54, 1.807) is 6.92 Å². The van der Waals surface area contributed by atoms with Crippen molar-refractivity contribution in [2.75, 3.05) is 13.3 Å². The molecule has 0 aromatic carbocycles. The molecule has 1 heterocycles.